The van der Waals surface area contributed by atoms with E-state index in [4.69, 9.17) is 10.7 Å². The van der Waals surface area contributed by atoms with Crippen molar-refractivity contribution in [3.05, 3.63) is 70.5 Å². The highest BCUT2D eigenvalue weighted by atomic mass is 35.5. The molecule has 0 atom stereocenters. The molecule has 1 saturated heterocycles. The van der Waals surface area contributed by atoms with Gasteiger partial charge in [0.15, 0.2) is 5.65 Å². The van der Waals surface area contributed by atoms with E-state index in [1.165, 1.54) is 17.8 Å². The number of nitro groups is 1. The molecule has 2 N–H and O–H groups in total. The van der Waals surface area contributed by atoms with Crippen molar-refractivity contribution in [2.45, 2.75) is 6.92 Å². The molecule has 0 aliphatic carbocycles. The summed E-state index contributed by atoms with van der Waals surface area (Å²) in [6.45, 7) is 6.07. The Kier molecular flexibility index (Phi) is 6.41. The predicted octanol–water partition coefficient (Wildman–Crippen LogP) is 4.04. The average molecular weight is 480 g/mol. The van der Waals surface area contributed by atoms with Crippen LogP contribution in [0.5, 0.6) is 0 Å². The molecular formula is C24H26ClN7O2. The molecule has 1 aliphatic heterocycles. The lowest BCUT2D eigenvalue weighted by Crippen LogP contribution is -2.44. The number of nitrogens with two attached hydrogens (primary N) is 1. The molecule has 0 bridgehead atoms. The van der Waals surface area contributed by atoms with Gasteiger partial charge in [0.2, 0.25) is 0 Å². The van der Waals surface area contributed by atoms with E-state index >= 15 is 0 Å². The van der Waals surface area contributed by atoms with Crippen molar-refractivity contribution in [1.82, 2.24) is 19.5 Å². The molecule has 34 heavy (non-hydrogen) atoms. The summed E-state index contributed by atoms with van der Waals surface area (Å²) in [6, 6.07) is 14.8. The number of hydrogen-bond acceptors (Lipinski definition) is 7. The highest BCUT2D eigenvalue weighted by Gasteiger charge is 2.19. The molecule has 5 rings (SSSR count). The van der Waals surface area contributed by atoms with Gasteiger partial charge in [-0.3, -0.25) is 10.1 Å². The molecule has 0 spiro atoms. The third-order valence-electron chi connectivity index (χ3n) is 6.28. The number of nitrogens with zero attached hydrogens (tertiary/aromatic N) is 6. The zero-order chi connectivity index (χ0) is 23.1. The van der Waals surface area contributed by atoms with Crippen molar-refractivity contribution in [3.63, 3.8) is 0 Å². The third-order valence-corrected chi connectivity index (χ3v) is 6.28. The van der Waals surface area contributed by atoms with Crippen LogP contribution in [0, 0.1) is 17.0 Å². The van der Waals surface area contributed by atoms with Crippen molar-refractivity contribution in [2.75, 3.05) is 43.9 Å². The number of likely N-dealkylation sites (N-methyl/N-ethyl adjacent to an activating group) is 1. The van der Waals surface area contributed by atoms with Gasteiger partial charge in [0.05, 0.1) is 16.8 Å². The quantitative estimate of drug-likeness (QED) is 0.348. The Morgan fingerprint density at radius 3 is 2.21 bits per heavy atom. The van der Waals surface area contributed by atoms with Crippen LogP contribution in [0.2, 0.25) is 0 Å². The van der Waals surface area contributed by atoms with Crippen molar-refractivity contribution >= 4 is 35.2 Å². The second-order valence-electron chi connectivity index (χ2n) is 8.39. The lowest BCUT2D eigenvalue weighted by Gasteiger charge is -2.34. The molecule has 2 aromatic heterocycles. The number of aromatic nitrogens is 3. The van der Waals surface area contributed by atoms with Gasteiger partial charge < -0.3 is 15.5 Å². The molecule has 10 heteroatoms. The predicted molar refractivity (Wildman–Crippen MR) is 137 cm³/mol. The normalized spacial score (nSPS) is 14.2. The van der Waals surface area contributed by atoms with Crippen LogP contribution >= 0.6 is 12.4 Å². The maximum atomic E-state index is 11.0. The van der Waals surface area contributed by atoms with Gasteiger partial charge >= 0.3 is 0 Å². The molecule has 1 fully saturated rings. The maximum Gasteiger partial charge on any atom is 0.269 e. The molecule has 4 aromatic rings. The van der Waals surface area contributed by atoms with Crippen LogP contribution in [0.3, 0.4) is 0 Å². The Bertz CT molecular complexity index is 1330. The fourth-order valence-electron chi connectivity index (χ4n) is 4.36. The van der Waals surface area contributed by atoms with Gasteiger partial charge in [-0.1, -0.05) is 12.1 Å². The minimum atomic E-state index is -0.420. The Labute approximate surface area is 203 Å². The molecule has 0 saturated carbocycles. The van der Waals surface area contributed by atoms with Gasteiger partial charge in [0, 0.05) is 55.1 Å². The first-order valence-corrected chi connectivity index (χ1v) is 10.8. The average Bonchev–Trinajstić information content (AvgIpc) is 3.24. The molecule has 0 unspecified atom stereocenters. The summed E-state index contributed by atoms with van der Waals surface area (Å²) in [5, 5.41) is 15.5. The molecule has 9 nitrogen and oxygen atoms in total. The van der Waals surface area contributed by atoms with Gasteiger partial charge in [-0.2, -0.15) is 9.61 Å². The van der Waals surface area contributed by atoms with Crippen LogP contribution in [0.15, 0.2) is 54.7 Å². The minimum absolute atomic E-state index is 0. The summed E-state index contributed by atoms with van der Waals surface area (Å²) in [4.78, 5) is 20.1. The highest BCUT2D eigenvalue weighted by Crippen LogP contribution is 2.33. The smallest absolute Gasteiger partial charge is 0.269 e. The highest BCUT2D eigenvalue weighted by molar-refractivity contribution is 5.85. The maximum absolute atomic E-state index is 11.0. The standard InChI is InChI=1S/C24H25N7O2.ClH/c1-16-22(18-5-9-20(10-6-18)31(32)33)23(25)30-24(27-16)21(15-26-30)17-3-7-19(8-4-17)29-13-11-28(2)12-14-29;/h3-10,15H,11-14,25H2,1-2H3;1H. The number of nitrogen functional groups attached to an aromatic ring is 1. The monoisotopic (exact) mass is 479 g/mol. The number of aryl methyl sites for hydroxylation is 1. The summed E-state index contributed by atoms with van der Waals surface area (Å²) in [5.41, 5.74) is 12.6. The van der Waals surface area contributed by atoms with E-state index in [1.54, 1.807) is 22.8 Å². The van der Waals surface area contributed by atoms with E-state index in [2.05, 4.69) is 46.2 Å². The van der Waals surface area contributed by atoms with Gasteiger partial charge in [0.1, 0.15) is 5.82 Å². The van der Waals surface area contributed by atoms with Crippen LogP contribution in [0.25, 0.3) is 27.9 Å². The number of nitro benzene ring substituents is 1. The van der Waals surface area contributed by atoms with E-state index in [-0.39, 0.29) is 18.1 Å². The topological polar surface area (TPSA) is 106 Å². The van der Waals surface area contributed by atoms with Crippen LogP contribution < -0.4 is 10.6 Å². The molecule has 2 aromatic carbocycles. The Morgan fingerprint density at radius 2 is 1.59 bits per heavy atom. The summed E-state index contributed by atoms with van der Waals surface area (Å²) >= 11 is 0. The van der Waals surface area contributed by atoms with Crippen molar-refractivity contribution in [1.29, 1.82) is 0 Å². The third kappa shape index (κ3) is 4.15. The van der Waals surface area contributed by atoms with E-state index in [9.17, 15) is 10.1 Å². The zero-order valence-corrected chi connectivity index (χ0v) is 19.8. The second-order valence-corrected chi connectivity index (χ2v) is 8.39. The number of rotatable bonds is 4. The van der Waals surface area contributed by atoms with Crippen molar-refractivity contribution < 1.29 is 4.92 Å². The van der Waals surface area contributed by atoms with Gasteiger partial charge in [-0.05, 0) is 49.4 Å². The molecule has 3 heterocycles. The van der Waals surface area contributed by atoms with Gasteiger partial charge in [-0.15, -0.1) is 12.4 Å². The molecule has 0 radical (unpaired) electrons. The lowest BCUT2D eigenvalue weighted by atomic mass is 10.0. The molecule has 1 aliphatic rings. The summed E-state index contributed by atoms with van der Waals surface area (Å²) in [5.74, 6) is 0.451. The number of halogens is 1. The first kappa shape index (κ1) is 23.5. The summed E-state index contributed by atoms with van der Waals surface area (Å²) in [7, 11) is 2.15. The number of piperazine rings is 1. The zero-order valence-electron chi connectivity index (χ0n) is 19.0. The number of hydrogen-bond donors (Lipinski definition) is 1. The number of non-ortho nitro benzene ring substituents is 1. The first-order valence-electron chi connectivity index (χ1n) is 10.8. The van der Waals surface area contributed by atoms with E-state index in [0.29, 0.717) is 11.5 Å². The molecular weight excluding hydrogens is 454 g/mol. The summed E-state index contributed by atoms with van der Waals surface area (Å²) in [6.07, 6.45) is 1.78. The fourth-order valence-corrected chi connectivity index (χ4v) is 4.36. The SMILES string of the molecule is Cc1nc2c(-c3ccc(N4CCN(C)CC4)cc3)cnn2c(N)c1-c1ccc([N+](=O)[O-])cc1.Cl. The second kappa shape index (κ2) is 9.28. The summed E-state index contributed by atoms with van der Waals surface area (Å²) < 4.78 is 1.63. The van der Waals surface area contributed by atoms with Crippen LogP contribution in [0.1, 0.15) is 5.69 Å². The number of fused-ring (bicyclic) bond motifs is 1. The van der Waals surface area contributed by atoms with Crippen LogP contribution in [-0.2, 0) is 0 Å². The number of benzene rings is 2. The largest absolute Gasteiger partial charge is 0.383 e. The van der Waals surface area contributed by atoms with E-state index < -0.39 is 4.92 Å². The molecule has 0 amide bonds. The fraction of sp³-hybridized carbons (Fsp3) is 0.250. The first-order chi connectivity index (χ1) is 15.9. The van der Waals surface area contributed by atoms with Crippen LogP contribution in [0.4, 0.5) is 17.2 Å². The van der Waals surface area contributed by atoms with E-state index in [0.717, 1.165) is 54.1 Å². The lowest BCUT2D eigenvalue weighted by molar-refractivity contribution is -0.384. The van der Waals surface area contributed by atoms with Crippen molar-refractivity contribution in [3.8, 4) is 22.3 Å². The Balaban J connectivity index is 0.00000274. The van der Waals surface area contributed by atoms with Crippen molar-refractivity contribution in [2.24, 2.45) is 0 Å². The Morgan fingerprint density at radius 1 is 0.971 bits per heavy atom. The molecule has 176 valence electrons. The van der Waals surface area contributed by atoms with Crippen LogP contribution in [-0.4, -0.2) is 57.6 Å². The van der Waals surface area contributed by atoms with Gasteiger partial charge in [0.25, 0.3) is 5.69 Å². The van der Waals surface area contributed by atoms with E-state index in [1.807, 2.05) is 6.92 Å². The van der Waals surface area contributed by atoms with Gasteiger partial charge in [-0.25, -0.2) is 4.98 Å². The number of anilines is 2. The Hall–Kier alpha value is -3.69. The minimum Gasteiger partial charge on any atom is -0.383 e.